The Kier molecular flexibility index (Phi) is 3.58. The lowest BCUT2D eigenvalue weighted by Gasteiger charge is -2.04. The van der Waals surface area contributed by atoms with Gasteiger partial charge in [-0.15, -0.1) is 0 Å². The van der Waals surface area contributed by atoms with Crippen LogP contribution in [0.15, 0.2) is 18.2 Å². The van der Waals surface area contributed by atoms with Gasteiger partial charge in [-0.3, -0.25) is 4.79 Å². The summed E-state index contributed by atoms with van der Waals surface area (Å²) in [5.74, 6) is -0.552. The van der Waals surface area contributed by atoms with Crippen LogP contribution in [0.25, 0.3) is 0 Å². The second-order valence-electron chi connectivity index (χ2n) is 2.75. The van der Waals surface area contributed by atoms with Gasteiger partial charge < -0.3 is 4.74 Å². The summed E-state index contributed by atoms with van der Waals surface area (Å²) in [6.07, 6.45) is 0.535. The van der Waals surface area contributed by atoms with Crippen LogP contribution in [0.4, 0.5) is 0 Å². The maximum Gasteiger partial charge on any atom is 0.338 e. The molecule has 0 aliphatic heterocycles. The van der Waals surface area contributed by atoms with Crippen molar-refractivity contribution < 1.29 is 14.3 Å². The number of nitrogens with zero attached hydrogens (tertiary/aromatic N) is 1. The summed E-state index contributed by atoms with van der Waals surface area (Å²) in [6.45, 7) is 1.93. The number of benzene rings is 1. The minimum absolute atomic E-state index is 0.174. The molecule has 0 heterocycles. The van der Waals surface area contributed by atoms with E-state index in [0.717, 1.165) is 0 Å². The quantitative estimate of drug-likeness (QED) is 0.552. The van der Waals surface area contributed by atoms with Crippen LogP contribution in [-0.2, 0) is 4.74 Å². The molecule has 1 aromatic rings. The first-order chi connectivity index (χ1) is 7.22. The van der Waals surface area contributed by atoms with Crippen LogP contribution < -0.4 is 0 Å². The summed E-state index contributed by atoms with van der Waals surface area (Å²) in [5.41, 5.74) is 0.698. The van der Waals surface area contributed by atoms with Crippen molar-refractivity contribution in [2.75, 3.05) is 6.61 Å². The molecule has 0 radical (unpaired) electrons. The summed E-state index contributed by atoms with van der Waals surface area (Å²) >= 11 is 0. The van der Waals surface area contributed by atoms with Gasteiger partial charge in [0.1, 0.15) is 0 Å². The van der Waals surface area contributed by atoms with Gasteiger partial charge in [0.05, 0.1) is 23.8 Å². The highest BCUT2D eigenvalue weighted by molar-refractivity contribution is 5.98. The van der Waals surface area contributed by atoms with E-state index < -0.39 is 5.97 Å². The molecule has 0 aliphatic rings. The molecule has 1 aromatic carbocycles. The van der Waals surface area contributed by atoms with Crippen LogP contribution in [-0.4, -0.2) is 18.9 Å². The third-order valence-electron chi connectivity index (χ3n) is 1.80. The lowest BCUT2D eigenvalue weighted by Crippen LogP contribution is -2.08. The Hall–Kier alpha value is -2.15. The van der Waals surface area contributed by atoms with E-state index in [1.54, 1.807) is 6.92 Å². The first-order valence-corrected chi connectivity index (χ1v) is 4.39. The monoisotopic (exact) mass is 203 g/mol. The number of esters is 1. The van der Waals surface area contributed by atoms with E-state index in [4.69, 9.17) is 10.00 Å². The fourth-order valence-electron chi connectivity index (χ4n) is 1.12. The van der Waals surface area contributed by atoms with Crippen LogP contribution in [0.2, 0.25) is 0 Å². The second-order valence-corrected chi connectivity index (χ2v) is 2.75. The molecule has 0 bridgehead atoms. The average molecular weight is 203 g/mol. The summed E-state index contributed by atoms with van der Waals surface area (Å²) in [7, 11) is 0. The molecule has 76 valence electrons. The van der Waals surface area contributed by atoms with Crippen molar-refractivity contribution in [2.24, 2.45) is 0 Å². The fraction of sp³-hybridized carbons (Fsp3) is 0.182. The molecule has 0 N–H and O–H groups in total. The Morgan fingerprint density at radius 2 is 2.33 bits per heavy atom. The maximum atomic E-state index is 11.4. The predicted molar refractivity (Wildman–Crippen MR) is 52.5 cm³/mol. The van der Waals surface area contributed by atoms with E-state index in [9.17, 15) is 9.59 Å². The van der Waals surface area contributed by atoms with E-state index in [1.165, 1.54) is 18.2 Å². The van der Waals surface area contributed by atoms with Crippen molar-refractivity contribution in [1.29, 1.82) is 5.26 Å². The molecule has 0 aliphatic carbocycles. The maximum absolute atomic E-state index is 11.4. The Morgan fingerprint density at radius 1 is 1.60 bits per heavy atom. The van der Waals surface area contributed by atoms with E-state index >= 15 is 0 Å². The number of carbonyl (C=O) groups is 2. The highest BCUT2D eigenvalue weighted by Crippen LogP contribution is 2.11. The Morgan fingerprint density at radius 3 is 2.87 bits per heavy atom. The molecule has 0 saturated carbocycles. The van der Waals surface area contributed by atoms with Crippen molar-refractivity contribution in [3.05, 3.63) is 34.9 Å². The van der Waals surface area contributed by atoms with Crippen molar-refractivity contribution in [2.45, 2.75) is 6.92 Å². The molecule has 0 atom stereocenters. The molecule has 0 aromatic heterocycles. The minimum Gasteiger partial charge on any atom is -0.462 e. The van der Waals surface area contributed by atoms with Crippen LogP contribution in [0.1, 0.15) is 33.2 Å². The van der Waals surface area contributed by atoms with Gasteiger partial charge in [-0.1, -0.05) is 0 Å². The third kappa shape index (κ3) is 2.41. The van der Waals surface area contributed by atoms with Gasteiger partial charge in [0.15, 0.2) is 6.29 Å². The first-order valence-electron chi connectivity index (χ1n) is 4.39. The molecule has 4 nitrogen and oxygen atoms in total. The largest absolute Gasteiger partial charge is 0.462 e. The van der Waals surface area contributed by atoms with E-state index in [-0.39, 0.29) is 17.7 Å². The second kappa shape index (κ2) is 4.91. The molecule has 0 amide bonds. The fourth-order valence-corrected chi connectivity index (χ4v) is 1.12. The normalized spacial score (nSPS) is 9.07. The van der Waals surface area contributed by atoms with E-state index in [2.05, 4.69) is 0 Å². The van der Waals surface area contributed by atoms with Crippen LogP contribution >= 0.6 is 0 Å². The molecule has 0 unspecified atom stereocenters. The van der Waals surface area contributed by atoms with E-state index in [1.807, 2.05) is 6.07 Å². The van der Waals surface area contributed by atoms with Gasteiger partial charge in [-0.2, -0.15) is 5.26 Å². The van der Waals surface area contributed by atoms with Gasteiger partial charge in [0.2, 0.25) is 0 Å². The van der Waals surface area contributed by atoms with Crippen molar-refractivity contribution in [3.63, 3.8) is 0 Å². The van der Waals surface area contributed by atoms with Gasteiger partial charge in [0, 0.05) is 5.56 Å². The van der Waals surface area contributed by atoms with E-state index in [0.29, 0.717) is 11.8 Å². The Bertz CT molecular complexity index is 432. The summed E-state index contributed by atoms with van der Waals surface area (Å²) < 4.78 is 4.76. The number of nitriles is 1. The number of carbonyl (C=O) groups excluding carboxylic acids is 2. The SMILES string of the molecule is CCOC(=O)c1ccc(C#N)cc1C=O. The summed E-state index contributed by atoms with van der Waals surface area (Å²) in [6, 6.07) is 6.14. The van der Waals surface area contributed by atoms with Gasteiger partial charge in [-0.05, 0) is 25.1 Å². The van der Waals surface area contributed by atoms with Gasteiger partial charge in [-0.25, -0.2) is 4.79 Å². The third-order valence-corrected chi connectivity index (χ3v) is 1.80. The zero-order valence-electron chi connectivity index (χ0n) is 8.19. The standard InChI is InChI=1S/C11H9NO3/c1-2-15-11(14)10-4-3-8(6-12)5-9(10)7-13/h3-5,7H,2H2,1H3. The molecular weight excluding hydrogens is 194 g/mol. The van der Waals surface area contributed by atoms with Gasteiger partial charge in [0.25, 0.3) is 0 Å². The van der Waals surface area contributed by atoms with Crippen molar-refractivity contribution in [3.8, 4) is 6.07 Å². The van der Waals surface area contributed by atoms with Crippen LogP contribution in [0.3, 0.4) is 0 Å². The first kappa shape index (κ1) is 10.9. The molecule has 4 heteroatoms. The smallest absolute Gasteiger partial charge is 0.338 e. The predicted octanol–water partition coefficient (Wildman–Crippen LogP) is 1.55. The molecule has 0 saturated heterocycles. The lowest BCUT2D eigenvalue weighted by atomic mass is 10.1. The van der Waals surface area contributed by atoms with Crippen LogP contribution in [0, 0.1) is 11.3 Å². The number of rotatable bonds is 3. The lowest BCUT2D eigenvalue weighted by molar-refractivity contribution is 0.0524. The molecular formula is C11H9NO3. The number of hydrogen-bond donors (Lipinski definition) is 0. The average Bonchev–Trinajstić information content (AvgIpc) is 2.28. The summed E-state index contributed by atoms with van der Waals surface area (Å²) in [4.78, 5) is 22.0. The summed E-state index contributed by atoms with van der Waals surface area (Å²) in [5, 5.41) is 8.61. The zero-order valence-corrected chi connectivity index (χ0v) is 8.19. The van der Waals surface area contributed by atoms with Gasteiger partial charge >= 0.3 is 5.97 Å². The molecule has 1 rings (SSSR count). The number of hydrogen-bond acceptors (Lipinski definition) is 4. The Balaban J connectivity index is 3.14. The van der Waals surface area contributed by atoms with Crippen molar-refractivity contribution in [1.82, 2.24) is 0 Å². The van der Waals surface area contributed by atoms with Crippen LogP contribution in [0.5, 0.6) is 0 Å². The molecule has 0 spiro atoms. The Labute approximate surface area is 87.1 Å². The zero-order chi connectivity index (χ0) is 11.3. The number of ether oxygens (including phenoxy) is 1. The highest BCUT2D eigenvalue weighted by Gasteiger charge is 2.12. The van der Waals surface area contributed by atoms with Crippen molar-refractivity contribution >= 4 is 12.3 Å². The topological polar surface area (TPSA) is 67.2 Å². The number of aldehydes is 1. The molecule has 0 fully saturated rings. The highest BCUT2D eigenvalue weighted by atomic mass is 16.5. The minimum atomic E-state index is -0.552. The molecule has 15 heavy (non-hydrogen) atoms.